The normalized spacial score (nSPS) is 10.9. The SMILES string of the molecule is COc1cccc(-c2nc3ccccc3n2CCOc2ccccc2C)c1. The van der Waals surface area contributed by atoms with Crippen LogP contribution in [0.15, 0.2) is 72.8 Å². The highest BCUT2D eigenvalue weighted by Crippen LogP contribution is 2.27. The van der Waals surface area contributed by atoms with Gasteiger partial charge in [0, 0.05) is 5.56 Å². The summed E-state index contributed by atoms with van der Waals surface area (Å²) in [7, 11) is 1.68. The number of benzene rings is 3. The van der Waals surface area contributed by atoms with Gasteiger partial charge in [-0.2, -0.15) is 0 Å². The van der Waals surface area contributed by atoms with Crippen LogP contribution in [0.3, 0.4) is 0 Å². The van der Waals surface area contributed by atoms with Crippen LogP contribution in [0.25, 0.3) is 22.4 Å². The van der Waals surface area contributed by atoms with Gasteiger partial charge >= 0.3 is 0 Å². The number of aryl methyl sites for hydroxylation is 1. The number of ether oxygens (including phenoxy) is 2. The molecular weight excluding hydrogens is 336 g/mol. The van der Waals surface area contributed by atoms with Gasteiger partial charge in [0.05, 0.1) is 24.7 Å². The van der Waals surface area contributed by atoms with Crippen molar-refractivity contribution in [3.63, 3.8) is 0 Å². The molecule has 0 N–H and O–H groups in total. The molecule has 0 amide bonds. The molecule has 136 valence electrons. The van der Waals surface area contributed by atoms with E-state index >= 15 is 0 Å². The van der Waals surface area contributed by atoms with E-state index in [0.717, 1.165) is 39.5 Å². The number of nitrogens with zero attached hydrogens (tertiary/aromatic N) is 2. The lowest BCUT2D eigenvalue weighted by atomic mass is 10.2. The molecule has 0 aliphatic rings. The second kappa shape index (κ2) is 7.54. The van der Waals surface area contributed by atoms with Crippen molar-refractivity contribution in [3.8, 4) is 22.9 Å². The molecule has 27 heavy (non-hydrogen) atoms. The minimum absolute atomic E-state index is 0.572. The maximum Gasteiger partial charge on any atom is 0.141 e. The van der Waals surface area contributed by atoms with Crippen molar-refractivity contribution in [2.45, 2.75) is 13.5 Å². The number of rotatable bonds is 6. The third kappa shape index (κ3) is 3.51. The van der Waals surface area contributed by atoms with Crippen molar-refractivity contribution in [1.82, 2.24) is 9.55 Å². The molecule has 1 heterocycles. The Morgan fingerprint density at radius 1 is 0.926 bits per heavy atom. The van der Waals surface area contributed by atoms with Gasteiger partial charge in [0.1, 0.15) is 23.9 Å². The van der Waals surface area contributed by atoms with Crippen LogP contribution in [0.4, 0.5) is 0 Å². The summed E-state index contributed by atoms with van der Waals surface area (Å²) < 4.78 is 13.6. The molecule has 4 aromatic rings. The van der Waals surface area contributed by atoms with Crippen LogP contribution in [0.1, 0.15) is 5.56 Å². The number of hydrogen-bond acceptors (Lipinski definition) is 3. The molecule has 0 unspecified atom stereocenters. The fraction of sp³-hybridized carbons (Fsp3) is 0.174. The first kappa shape index (κ1) is 17.2. The van der Waals surface area contributed by atoms with Crippen LogP contribution in [-0.2, 0) is 6.54 Å². The Morgan fingerprint density at radius 2 is 1.74 bits per heavy atom. The van der Waals surface area contributed by atoms with E-state index in [2.05, 4.69) is 29.7 Å². The van der Waals surface area contributed by atoms with E-state index in [4.69, 9.17) is 14.5 Å². The minimum atomic E-state index is 0.572. The van der Waals surface area contributed by atoms with Crippen LogP contribution < -0.4 is 9.47 Å². The van der Waals surface area contributed by atoms with E-state index in [1.807, 2.05) is 54.6 Å². The topological polar surface area (TPSA) is 36.3 Å². The van der Waals surface area contributed by atoms with Crippen molar-refractivity contribution in [3.05, 3.63) is 78.4 Å². The molecule has 0 saturated carbocycles. The molecular formula is C23H22N2O2. The Kier molecular flexibility index (Phi) is 4.79. The van der Waals surface area contributed by atoms with Crippen molar-refractivity contribution < 1.29 is 9.47 Å². The first-order chi connectivity index (χ1) is 13.3. The Balaban J connectivity index is 1.67. The smallest absolute Gasteiger partial charge is 0.141 e. The van der Waals surface area contributed by atoms with Crippen LogP contribution in [0.5, 0.6) is 11.5 Å². The first-order valence-electron chi connectivity index (χ1n) is 9.04. The fourth-order valence-electron chi connectivity index (χ4n) is 3.25. The summed E-state index contributed by atoms with van der Waals surface area (Å²) in [6, 6.07) is 24.3. The Labute approximate surface area is 159 Å². The van der Waals surface area contributed by atoms with Crippen LogP contribution in [0.2, 0.25) is 0 Å². The standard InChI is InChI=1S/C23H22N2O2/c1-17-8-3-6-13-22(17)27-15-14-25-21-12-5-4-11-20(21)24-23(25)18-9-7-10-19(16-18)26-2/h3-13,16H,14-15H2,1-2H3. The summed E-state index contributed by atoms with van der Waals surface area (Å²) in [4.78, 5) is 4.85. The monoisotopic (exact) mass is 358 g/mol. The summed E-state index contributed by atoms with van der Waals surface area (Å²) in [5.41, 5.74) is 4.25. The summed E-state index contributed by atoms with van der Waals surface area (Å²) in [5, 5.41) is 0. The number of para-hydroxylation sites is 3. The molecule has 3 aromatic carbocycles. The van der Waals surface area contributed by atoms with E-state index in [0.29, 0.717) is 13.2 Å². The third-order valence-electron chi connectivity index (χ3n) is 4.65. The Bertz CT molecular complexity index is 1070. The molecule has 4 nitrogen and oxygen atoms in total. The van der Waals surface area contributed by atoms with E-state index in [-0.39, 0.29) is 0 Å². The minimum Gasteiger partial charge on any atom is -0.497 e. The van der Waals surface area contributed by atoms with Crippen LogP contribution >= 0.6 is 0 Å². The zero-order valence-corrected chi connectivity index (χ0v) is 15.6. The summed E-state index contributed by atoms with van der Waals surface area (Å²) in [5.74, 6) is 2.66. The molecule has 0 spiro atoms. The molecule has 0 aliphatic carbocycles. The average molecular weight is 358 g/mol. The molecule has 0 fully saturated rings. The summed E-state index contributed by atoms with van der Waals surface area (Å²) in [6.07, 6.45) is 0. The van der Waals surface area contributed by atoms with Gasteiger partial charge in [0.25, 0.3) is 0 Å². The lowest BCUT2D eigenvalue weighted by Crippen LogP contribution is -2.10. The molecule has 4 heteroatoms. The maximum atomic E-state index is 6.02. The van der Waals surface area contributed by atoms with E-state index < -0.39 is 0 Å². The number of aromatic nitrogens is 2. The average Bonchev–Trinajstić information content (AvgIpc) is 3.08. The zero-order valence-electron chi connectivity index (χ0n) is 15.6. The molecule has 0 aliphatic heterocycles. The van der Waals surface area contributed by atoms with Crippen molar-refractivity contribution in [1.29, 1.82) is 0 Å². The second-order valence-corrected chi connectivity index (χ2v) is 6.42. The van der Waals surface area contributed by atoms with Gasteiger partial charge in [0.2, 0.25) is 0 Å². The third-order valence-corrected chi connectivity index (χ3v) is 4.65. The number of fused-ring (bicyclic) bond motifs is 1. The maximum absolute atomic E-state index is 6.02. The van der Waals surface area contributed by atoms with Crippen molar-refractivity contribution in [2.24, 2.45) is 0 Å². The highest BCUT2D eigenvalue weighted by Gasteiger charge is 2.13. The largest absolute Gasteiger partial charge is 0.497 e. The van der Waals surface area contributed by atoms with Crippen LogP contribution in [0, 0.1) is 6.92 Å². The predicted molar refractivity (Wildman–Crippen MR) is 108 cm³/mol. The Hall–Kier alpha value is -3.27. The van der Waals surface area contributed by atoms with Gasteiger partial charge in [-0.3, -0.25) is 0 Å². The van der Waals surface area contributed by atoms with Gasteiger partial charge in [-0.1, -0.05) is 42.5 Å². The van der Waals surface area contributed by atoms with Gasteiger partial charge in [-0.15, -0.1) is 0 Å². The summed E-state index contributed by atoms with van der Waals surface area (Å²) >= 11 is 0. The second-order valence-electron chi connectivity index (χ2n) is 6.42. The lowest BCUT2D eigenvalue weighted by molar-refractivity contribution is 0.299. The first-order valence-corrected chi connectivity index (χ1v) is 9.04. The fourth-order valence-corrected chi connectivity index (χ4v) is 3.25. The van der Waals surface area contributed by atoms with E-state index in [9.17, 15) is 0 Å². The summed E-state index contributed by atoms with van der Waals surface area (Å²) in [6.45, 7) is 3.34. The molecule has 0 saturated heterocycles. The highest BCUT2D eigenvalue weighted by atomic mass is 16.5. The quantitative estimate of drug-likeness (QED) is 0.481. The van der Waals surface area contributed by atoms with Crippen molar-refractivity contribution >= 4 is 11.0 Å². The van der Waals surface area contributed by atoms with E-state index in [1.54, 1.807) is 7.11 Å². The molecule has 0 radical (unpaired) electrons. The lowest BCUT2D eigenvalue weighted by Gasteiger charge is -2.12. The van der Waals surface area contributed by atoms with Crippen molar-refractivity contribution in [2.75, 3.05) is 13.7 Å². The highest BCUT2D eigenvalue weighted by molar-refractivity contribution is 5.80. The Morgan fingerprint density at radius 3 is 2.59 bits per heavy atom. The molecule has 0 atom stereocenters. The van der Waals surface area contributed by atoms with Crippen LogP contribution in [-0.4, -0.2) is 23.3 Å². The zero-order chi connectivity index (χ0) is 18.6. The van der Waals surface area contributed by atoms with Gasteiger partial charge in [-0.05, 0) is 42.8 Å². The predicted octanol–water partition coefficient (Wildman–Crippen LogP) is 5.10. The molecule has 1 aromatic heterocycles. The molecule has 0 bridgehead atoms. The van der Waals surface area contributed by atoms with E-state index in [1.165, 1.54) is 0 Å². The number of imidazole rings is 1. The van der Waals surface area contributed by atoms with Gasteiger partial charge < -0.3 is 14.0 Å². The van der Waals surface area contributed by atoms with Gasteiger partial charge in [-0.25, -0.2) is 4.98 Å². The molecule has 4 rings (SSSR count). The number of hydrogen-bond donors (Lipinski definition) is 0. The number of methoxy groups -OCH3 is 1. The van der Waals surface area contributed by atoms with Gasteiger partial charge in [0.15, 0.2) is 0 Å².